The molecule has 16 heteroatoms. The number of nitrogens with zero attached hydrogens (tertiary/aromatic N) is 2. The Labute approximate surface area is 213 Å². The predicted molar refractivity (Wildman–Crippen MR) is 129 cm³/mol. The number of likely N-dealkylation sites (tertiary alicyclic amines) is 1. The van der Waals surface area contributed by atoms with E-state index in [0.29, 0.717) is 12.8 Å². The first-order chi connectivity index (χ1) is 17.3. The van der Waals surface area contributed by atoms with Crippen molar-refractivity contribution in [2.45, 2.75) is 75.5 Å². The fraction of sp³-hybridized carbons (Fsp3) is 0.667. The molecule has 0 saturated carbocycles. The number of guanidine groups is 1. The molecule has 0 spiro atoms. The summed E-state index contributed by atoms with van der Waals surface area (Å²) in [5.41, 5.74) is 21.5. The van der Waals surface area contributed by atoms with Gasteiger partial charge in [0, 0.05) is 25.9 Å². The number of carbonyl (C=O) groups is 6. The molecule has 1 fully saturated rings. The second-order valence-corrected chi connectivity index (χ2v) is 8.64. The highest BCUT2D eigenvalue weighted by molar-refractivity contribution is 5.94. The molecule has 0 aromatic heterocycles. The standard InChI is InChI=1S/C21H36N8O8/c22-11(5-8-16(31)32)19(35)29-10-2-4-14(29)18(34)27-12(3-1-9-26-21(24)25)17(33)28-13(20(36)37)6-7-15(23)30/h11-14H,1-10,22H2,(H2,23,30)(H,27,34)(H,28,33)(H,31,32)(H,36,37)(H4,24,25,26). The van der Waals surface area contributed by atoms with Gasteiger partial charge in [-0.25, -0.2) is 4.79 Å². The van der Waals surface area contributed by atoms with Gasteiger partial charge in [-0.2, -0.15) is 0 Å². The van der Waals surface area contributed by atoms with Crippen LogP contribution in [0.25, 0.3) is 0 Å². The Kier molecular flexibility index (Phi) is 12.8. The van der Waals surface area contributed by atoms with Crippen LogP contribution in [0.1, 0.15) is 51.4 Å². The lowest BCUT2D eigenvalue weighted by atomic mass is 10.1. The van der Waals surface area contributed by atoms with Crippen LogP contribution in [-0.4, -0.2) is 93.9 Å². The van der Waals surface area contributed by atoms with Crippen LogP contribution in [0.15, 0.2) is 4.99 Å². The molecule has 0 aromatic carbocycles. The van der Waals surface area contributed by atoms with E-state index in [1.165, 1.54) is 4.90 Å². The Morgan fingerprint density at radius 3 is 2.19 bits per heavy atom. The number of aliphatic carboxylic acids is 2. The molecule has 0 radical (unpaired) electrons. The van der Waals surface area contributed by atoms with E-state index in [0.717, 1.165) is 0 Å². The van der Waals surface area contributed by atoms with Crippen molar-refractivity contribution in [1.29, 1.82) is 0 Å². The summed E-state index contributed by atoms with van der Waals surface area (Å²) in [6.45, 7) is 0.367. The fourth-order valence-corrected chi connectivity index (χ4v) is 3.78. The van der Waals surface area contributed by atoms with E-state index in [1.54, 1.807) is 0 Å². The lowest BCUT2D eigenvalue weighted by Crippen LogP contribution is -2.56. The largest absolute Gasteiger partial charge is 0.481 e. The molecule has 4 amide bonds. The van der Waals surface area contributed by atoms with E-state index in [-0.39, 0.29) is 57.6 Å². The maximum absolute atomic E-state index is 13.1. The molecule has 1 heterocycles. The van der Waals surface area contributed by atoms with Crippen molar-refractivity contribution in [3.8, 4) is 0 Å². The van der Waals surface area contributed by atoms with Crippen LogP contribution in [0.4, 0.5) is 0 Å². The molecule has 12 N–H and O–H groups in total. The predicted octanol–water partition coefficient (Wildman–Crippen LogP) is -3.46. The quantitative estimate of drug-likeness (QED) is 0.0553. The molecule has 1 aliphatic rings. The highest BCUT2D eigenvalue weighted by Gasteiger charge is 2.38. The van der Waals surface area contributed by atoms with Crippen molar-refractivity contribution in [2.24, 2.45) is 27.9 Å². The summed E-state index contributed by atoms with van der Waals surface area (Å²) in [5, 5.41) is 23.0. The van der Waals surface area contributed by atoms with E-state index >= 15 is 0 Å². The lowest BCUT2D eigenvalue weighted by Gasteiger charge is -2.28. The van der Waals surface area contributed by atoms with Gasteiger partial charge in [0.1, 0.15) is 18.1 Å². The summed E-state index contributed by atoms with van der Waals surface area (Å²) in [7, 11) is 0. The molecular weight excluding hydrogens is 492 g/mol. The average Bonchev–Trinajstić information content (AvgIpc) is 3.30. The van der Waals surface area contributed by atoms with Gasteiger partial charge in [-0.05, 0) is 38.5 Å². The number of carboxylic acid groups (broad SMARTS) is 2. The number of nitrogens with two attached hydrogens (primary N) is 4. The maximum atomic E-state index is 13.1. The smallest absolute Gasteiger partial charge is 0.326 e. The van der Waals surface area contributed by atoms with Gasteiger partial charge in [-0.15, -0.1) is 0 Å². The van der Waals surface area contributed by atoms with Crippen molar-refractivity contribution in [1.82, 2.24) is 15.5 Å². The summed E-state index contributed by atoms with van der Waals surface area (Å²) in [6, 6.07) is -4.67. The Hall–Kier alpha value is -3.95. The minimum atomic E-state index is -1.42. The number of hydrogen-bond donors (Lipinski definition) is 8. The zero-order valence-corrected chi connectivity index (χ0v) is 20.4. The highest BCUT2D eigenvalue weighted by atomic mass is 16.4. The van der Waals surface area contributed by atoms with Crippen molar-refractivity contribution < 1.29 is 39.0 Å². The van der Waals surface area contributed by atoms with Crippen LogP contribution < -0.4 is 33.6 Å². The monoisotopic (exact) mass is 528 g/mol. The third kappa shape index (κ3) is 11.1. The van der Waals surface area contributed by atoms with E-state index < -0.39 is 59.7 Å². The average molecular weight is 529 g/mol. The van der Waals surface area contributed by atoms with Crippen LogP contribution in [-0.2, 0) is 28.8 Å². The number of primary amides is 1. The van der Waals surface area contributed by atoms with E-state index in [1.807, 2.05) is 0 Å². The van der Waals surface area contributed by atoms with Crippen molar-refractivity contribution in [3.05, 3.63) is 0 Å². The number of hydrogen-bond acceptors (Lipinski definition) is 8. The molecule has 37 heavy (non-hydrogen) atoms. The molecular formula is C21H36N8O8. The zero-order valence-electron chi connectivity index (χ0n) is 20.4. The number of carboxylic acids is 2. The Balaban J connectivity index is 2.96. The second kappa shape index (κ2) is 15.2. The lowest BCUT2D eigenvalue weighted by molar-refractivity contribution is -0.143. The van der Waals surface area contributed by atoms with Gasteiger partial charge in [0.15, 0.2) is 5.96 Å². The van der Waals surface area contributed by atoms with Crippen molar-refractivity contribution >= 4 is 41.5 Å². The normalized spacial score (nSPS) is 17.2. The minimum absolute atomic E-state index is 0.0370. The van der Waals surface area contributed by atoms with Gasteiger partial charge in [0.25, 0.3) is 0 Å². The summed E-state index contributed by atoms with van der Waals surface area (Å²) in [6.07, 6.45) is 0.141. The second-order valence-electron chi connectivity index (χ2n) is 8.64. The maximum Gasteiger partial charge on any atom is 0.326 e. The number of rotatable bonds is 16. The first-order valence-electron chi connectivity index (χ1n) is 11.8. The topological polar surface area (TPSA) is 287 Å². The van der Waals surface area contributed by atoms with E-state index in [9.17, 15) is 33.9 Å². The first kappa shape index (κ1) is 31.1. The first-order valence-corrected chi connectivity index (χ1v) is 11.8. The summed E-state index contributed by atoms with van der Waals surface area (Å²) < 4.78 is 0. The summed E-state index contributed by atoms with van der Waals surface area (Å²) in [5.74, 6) is -5.44. The summed E-state index contributed by atoms with van der Waals surface area (Å²) in [4.78, 5) is 77.1. The third-order valence-corrected chi connectivity index (χ3v) is 5.70. The van der Waals surface area contributed by atoms with Crippen LogP contribution in [0, 0.1) is 0 Å². The molecule has 1 saturated heterocycles. The van der Waals surface area contributed by atoms with Crippen molar-refractivity contribution in [3.63, 3.8) is 0 Å². The minimum Gasteiger partial charge on any atom is -0.481 e. The number of amides is 4. The van der Waals surface area contributed by atoms with Gasteiger partial charge in [0.2, 0.25) is 23.6 Å². The molecule has 4 unspecified atom stereocenters. The van der Waals surface area contributed by atoms with Crippen LogP contribution in [0.2, 0.25) is 0 Å². The summed E-state index contributed by atoms with van der Waals surface area (Å²) >= 11 is 0. The van der Waals surface area contributed by atoms with Crippen LogP contribution in [0.3, 0.4) is 0 Å². The molecule has 0 bridgehead atoms. The molecule has 16 nitrogen and oxygen atoms in total. The Bertz CT molecular complexity index is 892. The number of carbonyl (C=O) groups excluding carboxylic acids is 4. The molecule has 0 aromatic rings. The fourth-order valence-electron chi connectivity index (χ4n) is 3.78. The highest BCUT2D eigenvalue weighted by Crippen LogP contribution is 2.19. The number of nitrogens with one attached hydrogen (secondary N) is 2. The van der Waals surface area contributed by atoms with Gasteiger partial charge in [-0.1, -0.05) is 0 Å². The SMILES string of the molecule is NC(=O)CCC(NC(=O)C(CCCN=C(N)N)NC(=O)C1CCCN1C(=O)C(N)CCC(=O)O)C(=O)O. The zero-order chi connectivity index (χ0) is 28.1. The van der Waals surface area contributed by atoms with Crippen LogP contribution in [0.5, 0.6) is 0 Å². The van der Waals surface area contributed by atoms with Crippen LogP contribution >= 0.6 is 0 Å². The van der Waals surface area contributed by atoms with Crippen molar-refractivity contribution in [2.75, 3.05) is 13.1 Å². The number of aliphatic imine (C=N–C) groups is 1. The van der Waals surface area contributed by atoms with E-state index in [4.69, 9.17) is 28.0 Å². The van der Waals surface area contributed by atoms with Gasteiger partial charge < -0.3 is 48.7 Å². The van der Waals surface area contributed by atoms with Gasteiger partial charge in [-0.3, -0.25) is 29.0 Å². The molecule has 1 aliphatic heterocycles. The Morgan fingerprint density at radius 2 is 1.62 bits per heavy atom. The third-order valence-electron chi connectivity index (χ3n) is 5.70. The molecule has 208 valence electrons. The Morgan fingerprint density at radius 1 is 0.946 bits per heavy atom. The molecule has 1 rings (SSSR count). The van der Waals surface area contributed by atoms with E-state index in [2.05, 4.69) is 15.6 Å². The molecule has 4 atom stereocenters. The van der Waals surface area contributed by atoms with Gasteiger partial charge >= 0.3 is 11.9 Å². The molecule has 0 aliphatic carbocycles. The van der Waals surface area contributed by atoms with Gasteiger partial charge in [0.05, 0.1) is 6.04 Å².